The van der Waals surface area contributed by atoms with Gasteiger partial charge in [-0.3, -0.25) is 0 Å². The third-order valence-electron chi connectivity index (χ3n) is 4.09. The number of nitrogens with one attached hydrogen (secondary N) is 1. The fraction of sp³-hybridized carbons (Fsp3) is 0.235. The fourth-order valence-electron chi connectivity index (χ4n) is 2.66. The number of anilines is 5. The summed E-state index contributed by atoms with van der Waals surface area (Å²) >= 11 is 0. The van der Waals surface area contributed by atoms with Crippen molar-refractivity contribution >= 4 is 28.9 Å². The van der Waals surface area contributed by atoms with Crippen molar-refractivity contribution in [3.05, 3.63) is 36.5 Å². The summed E-state index contributed by atoms with van der Waals surface area (Å²) in [6.45, 7) is 3.14. The summed E-state index contributed by atoms with van der Waals surface area (Å²) in [6.07, 6.45) is 1.73. The van der Waals surface area contributed by atoms with Gasteiger partial charge in [0, 0.05) is 18.7 Å². The lowest BCUT2D eigenvalue weighted by Gasteiger charge is -2.27. The summed E-state index contributed by atoms with van der Waals surface area (Å²) in [5.41, 5.74) is 14.0. The molecule has 0 saturated carbocycles. The Labute approximate surface area is 150 Å². The first-order valence-electron chi connectivity index (χ1n) is 8.24. The molecule has 0 aliphatic carbocycles. The highest BCUT2D eigenvalue weighted by molar-refractivity contribution is 5.71. The molecule has 0 atom stereocenters. The Hall–Kier alpha value is -3.33. The van der Waals surface area contributed by atoms with Crippen molar-refractivity contribution in [2.24, 2.45) is 0 Å². The third-order valence-corrected chi connectivity index (χ3v) is 4.09. The van der Waals surface area contributed by atoms with Gasteiger partial charge in [0.05, 0.1) is 36.5 Å². The number of hydrogen-bond donors (Lipinski definition) is 3. The molecule has 2 aromatic heterocycles. The Morgan fingerprint density at radius 2 is 1.85 bits per heavy atom. The van der Waals surface area contributed by atoms with Crippen LogP contribution in [0.4, 0.5) is 28.9 Å². The van der Waals surface area contributed by atoms with Crippen LogP contribution in [0.15, 0.2) is 40.9 Å². The number of benzene rings is 1. The second kappa shape index (κ2) is 6.89. The number of morpholine rings is 1. The van der Waals surface area contributed by atoms with Crippen LogP contribution in [0.5, 0.6) is 0 Å². The predicted octanol–water partition coefficient (Wildman–Crippen LogP) is 1.88. The zero-order chi connectivity index (χ0) is 17.9. The summed E-state index contributed by atoms with van der Waals surface area (Å²) in [4.78, 5) is 6.66. The Morgan fingerprint density at radius 3 is 2.58 bits per heavy atom. The van der Waals surface area contributed by atoms with Gasteiger partial charge >= 0.3 is 6.01 Å². The Balaban J connectivity index is 1.46. The molecule has 0 radical (unpaired) electrons. The maximum Gasteiger partial charge on any atom is 0.320 e. The van der Waals surface area contributed by atoms with Gasteiger partial charge in [-0.15, -0.1) is 5.10 Å². The molecule has 1 saturated heterocycles. The molecule has 134 valence electrons. The lowest BCUT2D eigenvalue weighted by Crippen LogP contribution is -2.36. The van der Waals surface area contributed by atoms with Crippen molar-refractivity contribution in [2.75, 3.05) is 48.0 Å². The quantitative estimate of drug-likeness (QED) is 0.602. The fourth-order valence-corrected chi connectivity index (χ4v) is 2.66. The van der Waals surface area contributed by atoms with Gasteiger partial charge in [0.15, 0.2) is 0 Å². The molecule has 1 fully saturated rings. The monoisotopic (exact) mass is 353 g/mol. The van der Waals surface area contributed by atoms with E-state index in [1.165, 1.54) is 0 Å². The van der Waals surface area contributed by atoms with Crippen LogP contribution in [0.25, 0.3) is 11.5 Å². The van der Waals surface area contributed by atoms with Crippen molar-refractivity contribution in [3.8, 4) is 11.5 Å². The molecule has 9 nitrogen and oxygen atoms in total. The van der Waals surface area contributed by atoms with E-state index in [-0.39, 0.29) is 6.01 Å². The van der Waals surface area contributed by atoms with Crippen LogP contribution in [0.2, 0.25) is 0 Å². The second-order valence-electron chi connectivity index (χ2n) is 5.89. The van der Waals surface area contributed by atoms with Crippen molar-refractivity contribution < 1.29 is 9.15 Å². The molecule has 5 N–H and O–H groups in total. The Kier molecular flexibility index (Phi) is 4.28. The van der Waals surface area contributed by atoms with Gasteiger partial charge in [0.2, 0.25) is 5.89 Å². The highest BCUT2D eigenvalue weighted by atomic mass is 16.5. The van der Waals surface area contributed by atoms with E-state index in [2.05, 4.69) is 25.4 Å². The van der Waals surface area contributed by atoms with Gasteiger partial charge in [-0.2, -0.15) is 0 Å². The number of nitrogen functional groups attached to an aromatic ring is 2. The van der Waals surface area contributed by atoms with Gasteiger partial charge in [-0.25, -0.2) is 4.98 Å². The zero-order valence-electron chi connectivity index (χ0n) is 14.1. The first kappa shape index (κ1) is 16.2. The minimum Gasteiger partial charge on any atom is -0.403 e. The summed E-state index contributed by atoms with van der Waals surface area (Å²) in [7, 11) is 0. The number of aromatic nitrogens is 3. The molecule has 3 aromatic rings. The van der Waals surface area contributed by atoms with Crippen molar-refractivity contribution in [1.29, 1.82) is 0 Å². The summed E-state index contributed by atoms with van der Waals surface area (Å²) in [6, 6.07) is 9.33. The van der Waals surface area contributed by atoms with Crippen LogP contribution in [-0.4, -0.2) is 41.5 Å². The molecule has 0 spiro atoms. The molecule has 26 heavy (non-hydrogen) atoms. The topological polar surface area (TPSA) is 128 Å². The van der Waals surface area contributed by atoms with E-state index in [4.69, 9.17) is 20.6 Å². The number of nitrogens with two attached hydrogens (primary N) is 2. The van der Waals surface area contributed by atoms with E-state index in [1.54, 1.807) is 24.4 Å². The molecular weight excluding hydrogens is 334 g/mol. The molecule has 9 heteroatoms. The van der Waals surface area contributed by atoms with Crippen molar-refractivity contribution in [1.82, 2.24) is 15.2 Å². The number of nitrogens with zero attached hydrogens (tertiary/aromatic N) is 4. The minimum absolute atomic E-state index is 0.274. The first-order chi connectivity index (χ1) is 12.7. The van der Waals surface area contributed by atoms with E-state index >= 15 is 0 Å². The van der Waals surface area contributed by atoms with Crippen molar-refractivity contribution in [2.45, 2.75) is 0 Å². The minimum atomic E-state index is 0.274. The third kappa shape index (κ3) is 3.38. The standard InChI is InChI=1S/C17H19N7O2/c18-13-3-1-11(9-14(13)19)16-22-23-17(26-16)21-12-2-4-15(20-10-12)24-5-7-25-8-6-24/h1-4,9-10H,5-8,18-19H2,(H,21,23). The van der Waals surface area contributed by atoms with Crippen LogP contribution in [0.3, 0.4) is 0 Å². The summed E-state index contributed by atoms with van der Waals surface area (Å²) in [5.74, 6) is 1.28. The highest BCUT2D eigenvalue weighted by Gasteiger charge is 2.13. The zero-order valence-corrected chi connectivity index (χ0v) is 14.1. The SMILES string of the molecule is Nc1ccc(-c2nnc(Nc3ccc(N4CCOCC4)nc3)o2)cc1N. The van der Waals surface area contributed by atoms with E-state index in [0.29, 0.717) is 22.8 Å². The molecule has 1 aromatic carbocycles. The van der Waals surface area contributed by atoms with E-state index < -0.39 is 0 Å². The lowest BCUT2D eigenvalue weighted by molar-refractivity contribution is 0.122. The molecule has 1 aliphatic heterocycles. The number of ether oxygens (including phenoxy) is 1. The molecule has 1 aliphatic rings. The van der Waals surface area contributed by atoms with Crippen LogP contribution in [-0.2, 0) is 4.74 Å². The summed E-state index contributed by atoms with van der Waals surface area (Å²) < 4.78 is 11.0. The molecule has 0 amide bonds. The highest BCUT2D eigenvalue weighted by Crippen LogP contribution is 2.26. The number of pyridine rings is 1. The number of rotatable bonds is 4. The van der Waals surface area contributed by atoms with E-state index in [0.717, 1.165) is 37.8 Å². The second-order valence-corrected chi connectivity index (χ2v) is 5.89. The van der Waals surface area contributed by atoms with Crippen LogP contribution in [0, 0.1) is 0 Å². The van der Waals surface area contributed by atoms with Crippen LogP contribution >= 0.6 is 0 Å². The smallest absolute Gasteiger partial charge is 0.320 e. The predicted molar refractivity (Wildman–Crippen MR) is 99.1 cm³/mol. The molecule has 4 rings (SSSR count). The molecular formula is C17H19N7O2. The largest absolute Gasteiger partial charge is 0.403 e. The van der Waals surface area contributed by atoms with Gasteiger partial charge in [-0.05, 0) is 30.3 Å². The normalized spacial score (nSPS) is 14.4. The molecule has 0 bridgehead atoms. The van der Waals surface area contributed by atoms with Crippen LogP contribution < -0.4 is 21.7 Å². The lowest BCUT2D eigenvalue weighted by atomic mass is 10.2. The maximum atomic E-state index is 5.81. The van der Waals surface area contributed by atoms with Gasteiger partial charge < -0.3 is 30.8 Å². The van der Waals surface area contributed by atoms with E-state index in [9.17, 15) is 0 Å². The maximum absolute atomic E-state index is 5.81. The number of hydrogen-bond acceptors (Lipinski definition) is 9. The van der Waals surface area contributed by atoms with E-state index in [1.807, 2.05) is 12.1 Å². The van der Waals surface area contributed by atoms with Crippen LogP contribution in [0.1, 0.15) is 0 Å². The summed E-state index contributed by atoms with van der Waals surface area (Å²) in [5, 5.41) is 11.1. The van der Waals surface area contributed by atoms with Gasteiger partial charge in [0.25, 0.3) is 0 Å². The first-order valence-corrected chi connectivity index (χ1v) is 8.24. The van der Waals surface area contributed by atoms with Gasteiger partial charge in [0.1, 0.15) is 5.82 Å². The Morgan fingerprint density at radius 1 is 1.00 bits per heavy atom. The Bertz CT molecular complexity index is 888. The average Bonchev–Trinajstić information content (AvgIpc) is 3.14. The van der Waals surface area contributed by atoms with Gasteiger partial charge in [-0.1, -0.05) is 5.10 Å². The average molecular weight is 353 g/mol. The molecule has 3 heterocycles. The molecule has 0 unspecified atom stereocenters. The van der Waals surface area contributed by atoms with Crippen molar-refractivity contribution in [3.63, 3.8) is 0 Å².